The van der Waals surface area contributed by atoms with E-state index in [1.807, 2.05) is 14.1 Å². The Hall–Kier alpha value is -0.790. The molecule has 0 atom stereocenters. The van der Waals surface area contributed by atoms with Crippen molar-refractivity contribution in [1.29, 1.82) is 0 Å². The lowest BCUT2D eigenvalue weighted by Crippen LogP contribution is -2.31. The second-order valence-electron chi connectivity index (χ2n) is 3.76. The van der Waals surface area contributed by atoms with Crippen molar-refractivity contribution in [3.63, 3.8) is 0 Å². The summed E-state index contributed by atoms with van der Waals surface area (Å²) in [6.07, 6.45) is 4.06. The quantitative estimate of drug-likeness (QED) is 0.545. The minimum Gasteiger partial charge on any atom is -0.349 e. The third kappa shape index (κ3) is 2.10. The Bertz CT molecular complexity index is 186. The maximum atomic E-state index is 11.5. The Morgan fingerprint density at radius 1 is 1.42 bits per heavy atom. The molecule has 0 saturated heterocycles. The number of hydrogen-bond acceptors (Lipinski definition) is 1. The average molecular weight is 167 g/mol. The number of hydrogen-bond donors (Lipinski definition) is 0. The van der Waals surface area contributed by atoms with Crippen LogP contribution in [0.25, 0.3) is 0 Å². The number of carbonyl (C=O) groups excluding carboxylic acids is 1. The van der Waals surface area contributed by atoms with Gasteiger partial charge in [-0.1, -0.05) is 12.2 Å². The second-order valence-corrected chi connectivity index (χ2v) is 3.76. The first-order valence-corrected chi connectivity index (χ1v) is 4.49. The smallest absolute Gasteiger partial charge is 0.225 e. The fourth-order valence-electron chi connectivity index (χ4n) is 1.64. The molecular formula is C10H17NO. The summed E-state index contributed by atoms with van der Waals surface area (Å²) >= 11 is 0. The van der Waals surface area contributed by atoms with E-state index in [1.54, 1.807) is 4.90 Å². The average Bonchev–Trinajstić information content (AvgIpc) is 2.04. The van der Waals surface area contributed by atoms with Gasteiger partial charge < -0.3 is 4.90 Å². The second kappa shape index (κ2) is 3.74. The molecule has 68 valence electrons. The lowest BCUT2D eigenvalue weighted by atomic mass is 9.86. The van der Waals surface area contributed by atoms with Crippen LogP contribution in [-0.2, 0) is 4.79 Å². The van der Waals surface area contributed by atoms with E-state index in [0.717, 1.165) is 25.7 Å². The number of rotatable bonds is 1. The molecule has 12 heavy (non-hydrogen) atoms. The van der Waals surface area contributed by atoms with Crippen molar-refractivity contribution in [2.45, 2.75) is 25.7 Å². The summed E-state index contributed by atoms with van der Waals surface area (Å²) in [4.78, 5) is 13.2. The van der Waals surface area contributed by atoms with Crippen LogP contribution < -0.4 is 0 Å². The molecule has 1 saturated carbocycles. The Kier molecular flexibility index (Phi) is 2.90. The molecule has 1 aliphatic carbocycles. The lowest BCUT2D eigenvalue weighted by Gasteiger charge is -2.24. The van der Waals surface area contributed by atoms with Crippen LogP contribution in [0.2, 0.25) is 0 Å². The molecule has 0 aromatic heterocycles. The maximum absolute atomic E-state index is 11.5. The van der Waals surface area contributed by atoms with Crippen LogP contribution in [0.1, 0.15) is 25.7 Å². The van der Waals surface area contributed by atoms with E-state index in [2.05, 4.69) is 6.58 Å². The highest BCUT2D eigenvalue weighted by Gasteiger charge is 2.23. The van der Waals surface area contributed by atoms with E-state index < -0.39 is 0 Å². The summed E-state index contributed by atoms with van der Waals surface area (Å²) in [5, 5.41) is 0. The fourth-order valence-corrected chi connectivity index (χ4v) is 1.64. The van der Waals surface area contributed by atoms with Crippen LogP contribution in [0.5, 0.6) is 0 Å². The topological polar surface area (TPSA) is 20.3 Å². The Morgan fingerprint density at radius 2 is 1.92 bits per heavy atom. The minimum atomic E-state index is 0.255. The third-order valence-corrected chi connectivity index (χ3v) is 2.48. The van der Waals surface area contributed by atoms with E-state index in [4.69, 9.17) is 0 Å². The van der Waals surface area contributed by atoms with Crippen LogP contribution in [0.4, 0.5) is 0 Å². The zero-order valence-electron chi connectivity index (χ0n) is 7.97. The molecule has 0 aromatic rings. The van der Waals surface area contributed by atoms with E-state index in [9.17, 15) is 4.79 Å². The van der Waals surface area contributed by atoms with Crippen molar-refractivity contribution in [3.05, 3.63) is 12.2 Å². The highest BCUT2D eigenvalue weighted by Crippen LogP contribution is 2.27. The van der Waals surface area contributed by atoms with Gasteiger partial charge in [-0.25, -0.2) is 0 Å². The van der Waals surface area contributed by atoms with E-state index >= 15 is 0 Å². The van der Waals surface area contributed by atoms with Gasteiger partial charge in [-0.3, -0.25) is 4.79 Å². The number of amides is 1. The first-order chi connectivity index (χ1) is 5.61. The number of allylic oxidation sites excluding steroid dienone is 1. The molecular weight excluding hydrogens is 150 g/mol. The van der Waals surface area contributed by atoms with E-state index in [-0.39, 0.29) is 11.8 Å². The maximum Gasteiger partial charge on any atom is 0.225 e. The van der Waals surface area contributed by atoms with E-state index in [0.29, 0.717) is 0 Å². The molecule has 1 fully saturated rings. The Balaban J connectivity index is 2.44. The predicted molar refractivity (Wildman–Crippen MR) is 49.8 cm³/mol. The van der Waals surface area contributed by atoms with E-state index in [1.165, 1.54) is 5.57 Å². The largest absolute Gasteiger partial charge is 0.349 e. The van der Waals surface area contributed by atoms with Crippen molar-refractivity contribution in [3.8, 4) is 0 Å². The molecule has 0 N–H and O–H groups in total. The zero-order chi connectivity index (χ0) is 9.14. The Labute approximate surface area is 74.2 Å². The molecule has 0 unspecified atom stereocenters. The molecule has 0 bridgehead atoms. The van der Waals surface area contributed by atoms with Gasteiger partial charge in [0.05, 0.1) is 0 Å². The fraction of sp³-hybridized carbons (Fsp3) is 0.700. The van der Waals surface area contributed by atoms with Crippen molar-refractivity contribution in [2.75, 3.05) is 14.1 Å². The Morgan fingerprint density at radius 3 is 2.33 bits per heavy atom. The normalized spacial score (nSPS) is 19.3. The van der Waals surface area contributed by atoms with Crippen LogP contribution in [0, 0.1) is 5.92 Å². The molecule has 1 aliphatic rings. The third-order valence-electron chi connectivity index (χ3n) is 2.48. The van der Waals surface area contributed by atoms with Crippen molar-refractivity contribution >= 4 is 5.91 Å². The molecule has 0 heterocycles. The predicted octanol–water partition coefficient (Wildman–Crippen LogP) is 1.82. The molecule has 0 spiro atoms. The number of nitrogens with zero attached hydrogens (tertiary/aromatic N) is 1. The first kappa shape index (κ1) is 9.30. The van der Waals surface area contributed by atoms with Gasteiger partial charge in [-0.05, 0) is 25.7 Å². The van der Waals surface area contributed by atoms with Crippen LogP contribution in [0.15, 0.2) is 12.2 Å². The van der Waals surface area contributed by atoms with Crippen molar-refractivity contribution < 1.29 is 4.79 Å². The van der Waals surface area contributed by atoms with Gasteiger partial charge in [0.15, 0.2) is 0 Å². The molecule has 0 radical (unpaired) electrons. The van der Waals surface area contributed by atoms with Gasteiger partial charge in [0, 0.05) is 20.0 Å². The van der Waals surface area contributed by atoms with Gasteiger partial charge >= 0.3 is 0 Å². The standard InChI is InChI=1S/C10H17NO/c1-8-4-6-9(7-5-8)10(12)11(2)3/h9H,1,4-7H2,2-3H3. The summed E-state index contributed by atoms with van der Waals surface area (Å²) in [6, 6.07) is 0. The monoisotopic (exact) mass is 167 g/mol. The molecule has 2 heteroatoms. The van der Waals surface area contributed by atoms with Gasteiger partial charge in [0.1, 0.15) is 0 Å². The summed E-state index contributed by atoms with van der Waals surface area (Å²) in [5.41, 5.74) is 1.30. The van der Waals surface area contributed by atoms with Crippen molar-refractivity contribution in [1.82, 2.24) is 4.90 Å². The summed E-state index contributed by atoms with van der Waals surface area (Å²) in [6.45, 7) is 3.93. The SMILES string of the molecule is C=C1CCC(C(=O)N(C)C)CC1. The molecule has 1 amide bonds. The van der Waals surface area contributed by atoms with Crippen LogP contribution >= 0.6 is 0 Å². The summed E-state index contributed by atoms with van der Waals surface area (Å²) in [5.74, 6) is 0.535. The van der Waals surface area contributed by atoms with Gasteiger partial charge in [0.25, 0.3) is 0 Å². The molecule has 2 nitrogen and oxygen atoms in total. The lowest BCUT2D eigenvalue weighted by molar-refractivity contribution is -0.133. The van der Waals surface area contributed by atoms with Crippen molar-refractivity contribution in [2.24, 2.45) is 5.92 Å². The highest BCUT2D eigenvalue weighted by atomic mass is 16.2. The molecule has 0 aromatic carbocycles. The summed E-state index contributed by atoms with van der Waals surface area (Å²) < 4.78 is 0. The van der Waals surface area contributed by atoms with Gasteiger partial charge in [0.2, 0.25) is 5.91 Å². The van der Waals surface area contributed by atoms with Gasteiger partial charge in [-0.15, -0.1) is 0 Å². The minimum absolute atomic E-state index is 0.255. The highest BCUT2D eigenvalue weighted by molar-refractivity contribution is 5.78. The zero-order valence-corrected chi connectivity index (χ0v) is 7.97. The van der Waals surface area contributed by atoms with Crippen LogP contribution in [-0.4, -0.2) is 24.9 Å². The molecule has 1 rings (SSSR count). The molecule has 0 aliphatic heterocycles. The number of carbonyl (C=O) groups is 1. The first-order valence-electron chi connectivity index (χ1n) is 4.49. The van der Waals surface area contributed by atoms with Gasteiger partial charge in [-0.2, -0.15) is 0 Å². The summed E-state index contributed by atoms with van der Waals surface area (Å²) in [7, 11) is 3.65. The van der Waals surface area contributed by atoms with Crippen LogP contribution in [0.3, 0.4) is 0 Å².